The molecule has 0 radical (unpaired) electrons. The summed E-state index contributed by atoms with van der Waals surface area (Å²) in [5.74, 6) is 0.620. The second-order valence-corrected chi connectivity index (χ2v) is 7.73. The van der Waals surface area contributed by atoms with Gasteiger partial charge in [0.2, 0.25) is 0 Å². The van der Waals surface area contributed by atoms with Crippen molar-refractivity contribution < 1.29 is 13.2 Å². The quantitative estimate of drug-likeness (QED) is 0.876. The molecular weight excluding hydrogens is 294 g/mol. The summed E-state index contributed by atoms with van der Waals surface area (Å²) < 4.78 is 32.9. The van der Waals surface area contributed by atoms with E-state index in [2.05, 4.69) is 0 Å². The average Bonchev–Trinajstić information content (AvgIpc) is 2.96. The Morgan fingerprint density at radius 2 is 2.05 bits per heavy atom. The molecule has 0 amide bonds. The summed E-state index contributed by atoms with van der Waals surface area (Å²) >= 11 is 1.34. The first-order chi connectivity index (χ1) is 9.63. The van der Waals surface area contributed by atoms with Crippen molar-refractivity contribution in [1.82, 2.24) is 0 Å². The molecule has 0 unspecified atom stereocenters. The Labute approximate surface area is 122 Å². The van der Waals surface area contributed by atoms with Crippen LogP contribution in [0.3, 0.4) is 0 Å². The maximum atomic E-state index is 12.8. The molecule has 1 aromatic heterocycles. The van der Waals surface area contributed by atoms with Gasteiger partial charge in [-0.2, -0.15) is 0 Å². The summed E-state index contributed by atoms with van der Waals surface area (Å²) in [4.78, 5) is 1.07. The monoisotopic (exact) mass is 309 g/mol. The number of aryl methyl sites for hydroxylation is 1. The van der Waals surface area contributed by atoms with Crippen molar-refractivity contribution in [1.29, 1.82) is 0 Å². The van der Waals surface area contributed by atoms with Gasteiger partial charge in [0.15, 0.2) is 0 Å². The molecule has 0 bridgehead atoms. The number of nitrogens with zero attached hydrogens (tertiary/aromatic N) is 1. The first-order valence-corrected chi connectivity index (χ1v) is 8.72. The number of ether oxygens (including phenoxy) is 1. The summed E-state index contributed by atoms with van der Waals surface area (Å²) in [5, 5.41) is 0. The molecule has 20 heavy (non-hydrogen) atoms. The normalized spacial score (nSPS) is 14.8. The van der Waals surface area contributed by atoms with Crippen molar-refractivity contribution in [2.45, 2.75) is 17.6 Å². The van der Waals surface area contributed by atoms with E-state index < -0.39 is 10.0 Å². The van der Waals surface area contributed by atoms with Crippen molar-refractivity contribution in [3.63, 3.8) is 0 Å². The van der Waals surface area contributed by atoms with Gasteiger partial charge in [-0.15, -0.1) is 11.3 Å². The highest BCUT2D eigenvalue weighted by Gasteiger charge is 2.30. The third kappa shape index (κ3) is 2.19. The number of rotatable bonds is 3. The molecule has 3 rings (SSSR count). The highest BCUT2D eigenvalue weighted by molar-refractivity contribution is 7.94. The molecule has 0 fully saturated rings. The number of fused-ring (bicyclic) bond motifs is 1. The number of thiophene rings is 1. The Hall–Kier alpha value is -1.53. The molecule has 0 N–H and O–H groups in total. The third-order valence-corrected chi connectivity index (χ3v) is 6.73. The Balaban J connectivity index is 2.04. The number of para-hydroxylation sites is 2. The van der Waals surface area contributed by atoms with Crippen LogP contribution in [-0.4, -0.2) is 21.6 Å². The molecule has 106 valence electrons. The number of sulfonamides is 1. The fourth-order valence-electron chi connectivity index (χ4n) is 2.19. The minimum atomic E-state index is -3.49. The number of anilines is 1. The lowest BCUT2D eigenvalue weighted by atomic mass is 10.2. The molecule has 6 heteroatoms. The Morgan fingerprint density at radius 3 is 2.80 bits per heavy atom. The minimum absolute atomic E-state index is 0.346. The highest BCUT2D eigenvalue weighted by atomic mass is 32.2. The first kappa shape index (κ1) is 13.5. The number of benzene rings is 1. The van der Waals surface area contributed by atoms with Gasteiger partial charge in [-0.3, -0.25) is 4.31 Å². The van der Waals surface area contributed by atoms with E-state index >= 15 is 0 Å². The lowest BCUT2D eigenvalue weighted by Gasteiger charge is -2.29. The molecule has 0 atom stereocenters. The molecule has 0 aliphatic carbocycles. The maximum Gasteiger partial charge on any atom is 0.274 e. The van der Waals surface area contributed by atoms with Crippen LogP contribution in [0.25, 0.3) is 0 Å². The van der Waals surface area contributed by atoms with E-state index in [9.17, 15) is 8.42 Å². The molecule has 2 aromatic rings. The number of hydrogen-bond acceptors (Lipinski definition) is 4. The van der Waals surface area contributed by atoms with Crippen LogP contribution in [-0.2, 0) is 16.4 Å². The van der Waals surface area contributed by atoms with E-state index in [-0.39, 0.29) is 0 Å². The standard InChI is InChI=1S/C14H15NO3S2/c1-2-11-7-8-14(19-11)20(16,17)15-9-10-18-13-6-4-3-5-12(13)15/h3-8H,2,9-10H2,1H3. The van der Waals surface area contributed by atoms with E-state index in [1.165, 1.54) is 15.6 Å². The van der Waals surface area contributed by atoms with Crippen LogP contribution in [0.5, 0.6) is 5.75 Å². The van der Waals surface area contributed by atoms with Gasteiger partial charge in [-0.25, -0.2) is 8.42 Å². The predicted molar refractivity (Wildman–Crippen MR) is 80.2 cm³/mol. The second kappa shape index (κ2) is 5.10. The van der Waals surface area contributed by atoms with Gasteiger partial charge in [0.25, 0.3) is 10.0 Å². The fourth-order valence-corrected chi connectivity index (χ4v) is 5.06. The zero-order chi connectivity index (χ0) is 14.2. The van der Waals surface area contributed by atoms with Crippen molar-refractivity contribution in [2.24, 2.45) is 0 Å². The van der Waals surface area contributed by atoms with Crippen LogP contribution < -0.4 is 9.04 Å². The molecule has 1 aromatic carbocycles. The first-order valence-electron chi connectivity index (χ1n) is 6.46. The zero-order valence-electron chi connectivity index (χ0n) is 11.1. The van der Waals surface area contributed by atoms with Crippen molar-refractivity contribution >= 4 is 27.0 Å². The Kier molecular flexibility index (Phi) is 3.43. The van der Waals surface area contributed by atoms with Crippen LogP contribution in [0.4, 0.5) is 5.69 Å². The second-order valence-electron chi connectivity index (χ2n) is 4.47. The van der Waals surface area contributed by atoms with Gasteiger partial charge in [0, 0.05) is 4.88 Å². The van der Waals surface area contributed by atoms with E-state index in [0.29, 0.717) is 28.8 Å². The van der Waals surface area contributed by atoms with Crippen LogP contribution in [0, 0.1) is 0 Å². The van der Waals surface area contributed by atoms with Crippen molar-refractivity contribution in [3.8, 4) is 5.75 Å². The number of hydrogen-bond donors (Lipinski definition) is 0. The van der Waals surface area contributed by atoms with Crippen LogP contribution in [0.2, 0.25) is 0 Å². The van der Waals surface area contributed by atoms with Gasteiger partial charge in [0.05, 0.1) is 12.2 Å². The molecule has 0 saturated carbocycles. The molecular formula is C14H15NO3S2. The van der Waals surface area contributed by atoms with Gasteiger partial charge in [-0.1, -0.05) is 19.1 Å². The topological polar surface area (TPSA) is 46.6 Å². The van der Waals surface area contributed by atoms with E-state index in [1.54, 1.807) is 18.2 Å². The lowest BCUT2D eigenvalue weighted by Crippen LogP contribution is -2.37. The maximum absolute atomic E-state index is 12.8. The molecule has 1 aliphatic rings. The average molecular weight is 309 g/mol. The van der Waals surface area contributed by atoms with Gasteiger partial charge in [-0.05, 0) is 30.7 Å². The molecule has 1 aliphatic heterocycles. The summed E-state index contributed by atoms with van der Waals surface area (Å²) in [6.07, 6.45) is 0.847. The van der Waals surface area contributed by atoms with Gasteiger partial charge < -0.3 is 4.74 Å². The van der Waals surface area contributed by atoms with Crippen LogP contribution in [0.15, 0.2) is 40.6 Å². The van der Waals surface area contributed by atoms with Crippen LogP contribution >= 0.6 is 11.3 Å². The minimum Gasteiger partial charge on any atom is -0.489 e. The third-order valence-electron chi connectivity index (χ3n) is 3.22. The summed E-state index contributed by atoms with van der Waals surface area (Å²) in [7, 11) is -3.49. The van der Waals surface area contributed by atoms with Crippen molar-refractivity contribution in [3.05, 3.63) is 41.3 Å². The fraction of sp³-hybridized carbons (Fsp3) is 0.286. The molecule has 0 saturated heterocycles. The van der Waals surface area contributed by atoms with E-state index in [1.807, 2.05) is 25.1 Å². The predicted octanol–water partition coefficient (Wildman–Crippen LogP) is 2.90. The molecule has 0 spiro atoms. The Morgan fingerprint density at radius 1 is 1.25 bits per heavy atom. The smallest absolute Gasteiger partial charge is 0.274 e. The zero-order valence-corrected chi connectivity index (χ0v) is 12.7. The SMILES string of the molecule is CCc1ccc(S(=O)(=O)N2CCOc3ccccc32)s1. The van der Waals surface area contributed by atoms with Gasteiger partial charge >= 0.3 is 0 Å². The van der Waals surface area contributed by atoms with E-state index in [4.69, 9.17) is 4.74 Å². The van der Waals surface area contributed by atoms with E-state index in [0.717, 1.165) is 11.3 Å². The van der Waals surface area contributed by atoms with Crippen molar-refractivity contribution in [2.75, 3.05) is 17.5 Å². The largest absolute Gasteiger partial charge is 0.489 e. The molecule has 2 heterocycles. The van der Waals surface area contributed by atoms with Gasteiger partial charge in [0.1, 0.15) is 16.6 Å². The lowest BCUT2D eigenvalue weighted by molar-refractivity contribution is 0.316. The van der Waals surface area contributed by atoms with Crippen LogP contribution in [0.1, 0.15) is 11.8 Å². The Bertz CT molecular complexity index is 722. The summed E-state index contributed by atoms with van der Waals surface area (Å²) in [6.45, 7) is 2.74. The summed E-state index contributed by atoms with van der Waals surface area (Å²) in [6, 6.07) is 10.8. The summed E-state index contributed by atoms with van der Waals surface area (Å²) in [5.41, 5.74) is 0.616. The highest BCUT2D eigenvalue weighted by Crippen LogP contribution is 2.36. The molecule has 4 nitrogen and oxygen atoms in total.